The van der Waals surface area contributed by atoms with Crippen molar-refractivity contribution in [1.29, 1.82) is 0 Å². The fourth-order valence-electron chi connectivity index (χ4n) is 2.93. The van der Waals surface area contributed by atoms with Crippen LogP contribution >= 0.6 is 0 Å². The highest BCUT2D eigenvalue weighted by atomic mass is 15.1. The predicted octanol–water partition coefficient (Wildman–Crippen LogP) is 3.56. The second kappa shape index (κ2) is 4.60. The van der Waals surface area contributed by atoms with Gasteiger partial charge in [0.2, 0.25) is 0 Å². The zero-order valence-corrected chi connectivity index (χ0v) is 11.2. The van der Waals surface area contributed by atoms with E-state index in [0.29, 0.717) is 0 Å². The van der Waals surface area contributed by atoms with Gasteiger partial charge in [-0.15, -0.1) is 0 Å². The summed E-state index contributed by atoms with van der Waals surface area (Å²) in [7, 11) is 0. The normalized spacial score (nSPS) is 13.4. The van der Waals surface area contributed by atoms with Crippen molar-refractivity contribution in [2.24, 2.45) is 0 Å². The Morgan fingerprint density at radius 1 is 1.00 bits per heavy atom. The second-order valence-electron chi connectivity index (χ2n) is 5.12. The van der Waals surface area contributed by atoms with Gasteiger partial charge in [-0.3, -0.25) is 4.98 Å². The van der Waals surface area contributed by atoms with Crippen LogP contribution in [0, 0.1) is 0 Å². The number of aryl methyl sites for hydroxylation is 1. The summed E-state index contributed by atoms with van der Waals surface area (Å²) in [5.41, 5.74) is 4.94. The summed E-state index contributed by atoms with van der Waals surface area (Å²) in [5.74, 6) is 1.05. The van der Waals surface area contributed by atoms with Crippen LogP contribution in [0.2, 0.25) is 0 Å². The van der Waals surface area contributed by atoms with E-state index in [0.717, 1.165) is 25.2 Å². The third-order valence-corrected chi connectivity index (χ3v) is 3.91. The average Bonchev–Trinajstić information content (AvgIpc) is 2.84. The molecule has 3 heteroatoms. The van der Waals surface area contributed by atoms with Gasteiger partial charge in [-0.1, -0.05) is 30.3 Å². The van der Waals surface area contributed by atoms with Gasteiger partial charge < -0.3 is 4.57 Å². The molecule has 0 bridgehead atoms. The monoisotopic (exact) mass is 261 g/mol. The lowest BCUT2D eigenvalue weighted by Crippen LogP contribution is -2.00. The lowest BCUT2D eigenvalue weighted by atomic mass is 10.1. The molecule has 0 saturated heterocycles. The molecule has 20 heavy (non-hydrogen) atoms. The minimum Gasteiger partial charge on any atom is -0.324 e. The topological polar surface area (TPSA) is 30.7 Å². The van der Waals surface area contributed by atoms with Crippen LogP contribution in [0.25, 0.3) is 22.6 Å². The summed E-state index contributed by atoms with van der Waals surface area (Å²) in [6.07, 6.45) is 8.02. The number of rotatable bonds is 1. The standard InChI is InChI=1S/C17H15N3/c1-2-5-14(6-3-1)16-12-19-17-15-11-18-9-8-13(15)7-4-10-20(16)17/h1-3,5-6,8-9,11-12H,4,7,10H2. The van der Waals surface area contributed by atoms with Crippen LogP contribution < -0.4 is 0 Å². The van der Waals surface area contributed by atoms with Crippen molar-refractivity contribution in [3.63, 3.8) is 0 Å². The van der Waals surface area contributed by atoms with Gasteiger partial charge in [0.25, 0.3) is 0 Å². The Morgan fingerprint density at radius 2 is 1.90 bits per heavy atom. The number of hydrogen-bond acceptors (Lipinski definition) is 2. The molecular weight excluding hydrogens is 246 g/mol. The van der Waals surface area contributed by atoms with Crippen molar-refractivity contribution in [2.75, 3.05) is 0 Å². The molecule has 3 aromatic rings. The molecule has 0 fully saturated rings. The Morgan fingerprint density at radius 3 is 2.80 bits per heavy atom. The highest BCUT2D eigenvalue weighted by Crippen LogP contribution is 2.31. The van der Waals surface area contributed by atoms with Crippen molar-refractivity contribution >= 4 is 0 Å². The van der Waals surface area contributed by atoms with E-state index in [1.54, 1.807) is 0 Å². The summed E-state index contributed by atoms with van der Waals surface area (Å²) in [5, 5.41) is 0. The van der Waals surface area contributed by atoms with E-state index in [4.69, 9.17) is 0 Å². The highest BCUT2D eigenvalue weighted by Gasteiger charge is 2.18. The third kappa shape index (κ3) is 1.74. The van der Waals surface area contributed by atoms with Crippen LogP contribution in [-0.4, -0.2) is 14.5 Å². The number of imidazole rings is 1. The van der Waals surface area contributed by atoms with Gasteiger partial charge in [0.15, 0.2) is 0 Å². The second-order valence-corrected chi connectivity index (χ2v) is 5.12. The first-order valence-electron chi connectivity index (χ1n) is 6.98. The van der Waals surface area contributed by atoms with Crippen LogP contribution in [0.1, 0.15) is 12.0 Å². The van der Waals surface area contributed by atoms with E-state index >= 15 is 0 Å². The van der Waals surface area contributed by atoms with E-state index in [1.807, 2.05) is 24.7 Å². The number of aromatic nitrogens is 3. The molecule has 1 aliphatic rings. The molecule has 1 aliphatic heterocycles. The minimum atomic E-state index is 1.01. The van der Waals surface area contributed by atoms with E-state index < -0.39 is 0 Å². The van der Waals surface area contributed by atoms with Crippen molar-refractivity contribution in [3.05, 3.63) is 60.6 Å². The maximum atomic E-state index is 4.66. The Balaban J connectivity index is 1.92. The van der Waals surface area contributed by atoms with Gasteiger partial charge in [-0.05, 0) is 30.0 Å². The molecule has 2 aromatic heterocycles. The minimum absolute atomic E-state index is 1.01. The molecule has 0 N–H and O–H groups in total. The molecule has 0 amide bonds. The van der Waals surface area contributed by atoms with Gasteiger partial charge >= 0.3 is 0 Å². The summed E-state index contributed by atoms with van der Waals surface area (Å²) in [6, 6.07) is 12.6. The largest absolute Gasteiger partial charge is 0.324 e. The Bertz CT molecular complexity index is 744. The average molecular weight is 261 g/mol. The number of hydrogen-bond donors (Lipinski definition) is 0. The van der Waals surface area contributed by atoms with Gasteiger partial charge in [0.05, 0.1) is 11.9 Å². The summed E-state index contributed by atoms with van der Waals surface area (Å²) in [6.45, 7) is 1.01. The van der Waals surface area contributed by atoms with Crippen molar-refractivity contribution in [2.45, 2.75) is 19.4 Å². The van der Waals surface area contributed by atoms with E-state index in [2.05, 4.69) is 44.9 Å². The fraction of sp³-hybridized carbons (Fsp3) is 0.176. The lowest BCUT2D eigenvalue weighted by molar-refractivity contribution is 0.666. The van der Waals surface area contributed by atoms with Crippen molar-refractivity contribution in [1.82, 2.24) is 14.5 Å². The smallest absolute Gasteiger partial charge is 0.142 e. The quantitative estimate of drug-likeness (QED) is 0.670. The molecule has 1 aromatic carbocycles. The first kappa shape index (κ1) is 11.4. The van der Waals surface area contributed by atoms with Crippen LogP contribution in [0.5, 0.6) is 0 Å². The van der Waals surface area contributed by atoms with E-state index in [-0.39, 0.29) is 0 Å². The SMILES string of the molecule is c1ccc(-c2cnc3n2CCCc2ccncc2-3)cc1. The molecule has 3 nitrogen and oxygen atoms in total. The number of nitrogens with zero attached hydrogens (tertiary/aromatic N) is 3. The Hall–Kier alpha value is -2.42. The molecule has 0 saturated carbocycles. The predicted molar refractivity (Wildman–Crippen MR) is 79.2 cm³/mol. The Kier molecular flexibility index (Phi) is 2.62. The molecule has 0 spiro atoms. The van der Waals surface area contributed by atoms with Gasteiger partial charge in [0, 0.05) is 24.5 Å². The van der Waals surface area contributed by atoms with Crippen LogP contribution in [0.15, 0.2) is 55.0 Å². The van der Waals surface area contributed by atoms with Crippen LogP contribution in [0.4, 0.5) is 0 Å². The number of benzene rings is 1. The lowest BCUT2D eigenvalue weighted by Gasteiger charge is -2.09. The molecule has 4 rings (SSSR count). The molecule has 3 heterocycles. The molecule has 98 valence electrons. The number of pyridine rings is 1. The maximum Gasteiger partial charge on any atom is 0.142 e. The van der Waals surface area contributed by atoms with E-state index in [9.17, 15) is 0 Å². The zero-order valence-electron chi connectivity index (χ0n) is 11.2. The van der Waals surface area contributed by atoms with Crippen LogP contribution in [0.3, 0.4) is 0 Å². The summed E-state index contributed by atoms with van der Waals surface area (Å²) in [4.78, 5) is 8.92. The van der Waals surface area contributed by atoms with Gasteiger partial charge in [0.1, 0.15) is 5.82 Å². The van der Waals surface area contributed by atoms with Crippen LogP contribution in [-0.2, 0) is 13.0 Å². The van der Waals surface area contributed by atoms with Crippen molar-refractivity contribution < 1.29 is 0 Å². The Labute approximate surface area is 117 Å². The fourth-order valence-corrected chi connectivity index (χ4v) is 2.93. The third-order valence-electron chi connectivity index (χ3n) is 3.91. The van der Waals surface area contributed by atoms with Crippen molar-refractivity contribution in [3.8, 4) is 22.6 Å². The molecule has 0 unspecified atom stereocenters. The summed E-state index contributed by atoms with van der Waals surface area (Å²) < 4.78 is 2.32. The van der Waals surface area contributed by atoms with E-state index in [1.165, 1.54) is 22.4 Å². The maximum absolute atomic E-state index is 4.66. The number of fused-ring (bicyclic) bond motifs is 3. The molecule has 0 radical (unpaired) electrons. The molecule has 0 aliphatic carbocycles. The first-order chi connectivity index (χ1) is 9.93. The molecule has 0 atom stereocenters. The summed E-state index contributed by atoms with van der Waals surface area (Å²) >= 11 is 0. The zero-order chi connectivity index (χ0) is 13.4. The first-order valence-corrected chi connectivity index (χ1v) is 6.98. The van der Waals surface area contributed by atoms with Gasteiger partial charge in [-0.25, -0.2) is 4.98 Å². The molecular formula is C17H15N3. The highest BCUT2D eigenvalue weighted by molar-refractivity contribution is 5.67. The van der Waals surface area contributed by atoms with Gasteiger partial charge in [-0.2, -0.15) is 0 Å².